The lowest BCUT2D eigenvalue weighted by Crippen LogP contribution is -2.04. The van der Waals surface area contributed by atoms with Gasteiger partial charge in [0, 0.05) is 18.0 Å². The van der Waals surface area contributed by atoms with Gasteiger partial charge in [-0.05, 0) is 42.5 Å². The van der Waals surface area contributed by atoms with Crippen LogP contribution in [0.5, 0.6) is 0 Å². The number of thioether (sulfide) groups is 1. The third kappa shape index (κ3) is 3.37. The third-order valence-electron chi connectivity index (χ3n) is 2.88. The number of ketones is 1. The van der Waals surface area contributed by atoms with Crippen LogP contribution in [-0.2, 0) is 0 Å². The summed E-state index contributed by atoms with van der Waals surface area (Å²) in [4.78, 5) is 12.0. The van der Waals surface area contributed by atoms with Gasteiger partial charge in [0.1, 0.15) is 10.8 Å². The number of Topliss-reactive ketones (excluding diaryl/α,β-unsaturated/α-hetero) is 1. The number of carbonyl (C=O) groups excluding carboxylic acids is 1. The van der Waals surface area contributed by atoms with Crippen LogP contribution in [0.3, 0.4) is 0 Å². The normalized spacial score (nSPS) is 10.6. The van der Waals surface area contributed by atoms with E-state index in [-0.39, 0.29) is 17.4 Å². The summed E-state index contributed by atoms with van der Waals surface area (Å²) in [7, 11) is 0. The fourth-order valence-electron chi connectivity index (χ4n) is 1.78. The lowest BCUT2D eigenvalue weighted by molar-refractivity contribution is 0.102. The van der Waals surface area contributed by atoms with Crippen molar-refractivity contribution in [3.8, 4) is 5.82 Å². The van der Waals surface area contributed by atoms with Gasteiger partial charge in [-0.2, -0.15) is 5.10 Å². The number of hydrogen-bond acceptors (Lipinski definition) is 5. The number of halogens is 1. The Labute approximate surface area is 130 Å². The molecule has 0 saturated heterocycles. The van der Waals surface area contributed by atoms with Gasteiger partial charge in [-0.15, -0.1) is 10.2 Å². The molecule has 0 atom stereocenters. The minimum Gasteiger partial charge on any atom is -0.293 e. The molecule has 3 rings (SSSR count). The van der Waals surface area contributed by atoms with Crippen molar-refractivity contribution in [3.05, 3.63) is 66.2 Å². The second kappa shape index (κ2) is 6.48. The van der Waals surface area contributed by atoms with Crippen molar-refractivity contribution >= 4 is 17.5 Å². The molecule has 0 saturated carbocycles. The van der Waals surface area contributed by atoms with Gasteiger partial charge in [-0.25, -0.2) is 9.07 Å². The maximum absolute atomic E-state index is 12.8. The van der Waals surface area contributed by atoms with Crippen LogP contribution in [0.2, 0.25) is 0 Å². The minimum absolute atomic E-state index is 0.0806. The highest BCUT2D eigenvalue weighted by molar-refractivity contribution is 7.99. The van der Waals surface area contributed by atoms with E-state index >= 15 is 0 Å². The van der Waals surface area contributed by atoms with Crippen molar-refractivity contribution < 1.29 is 9.18 Å². The second-order valence-electron chi connectivity index (χ2n) is 4.40. The Bertz CT molecular complexity index is 757. The van der Waals surface area contributed by atoms with E-state index in [2.05, 4.69) is 15.3 Å². The predicted molar refractivity (Wildman–Crippen MR) is 80.6 cm³/mol. The molecule has 0 aliphatic rings. The Balaban J connectivity index is 1.61. The average molecular weight is 314 g/mol. The van der Waals surface area contributed by atoms with Crippen LogP contribution in [0.25, 0.3) is 5.82 Å². The molecule has 1 aromatic carbocycles. The Kier molecular flexibility index (Phi) is 4.24. The highest BCUT2D eigenvalue weighted by Crippen LogP contribution is 2.17. The molecule has 5 nitrogen and oxygen atoms in total. The molecular weight excluding hydrogens is 303 g/mol. The summed E-state index contributed by atoms with van der Waals surface area (Å²) in [6.07, 6.45) is 3.43. The zero-order chi connectivity index (χ0) is 15.4. The number of hydrogen-bond donors (Lipinski definition) is 0. The third-order valence-corrected chi connectivity index (χ3v) is 3.80. The topological polar surface area (TPSA) is 60.7 Å². The summed E-state index contributed by atoms with van der Waals surface area (Å²) >= 11 is 1.29. The SMILES string of the molecule is O=C(CSc1ccc(-n2cccn2)nn1)c1ccc(F)cc1. The van der Waals surface area contributed by atoms with Crippen LogP contribution < -0.4 is 0 Å². The Morgan fingerprint density at radius 3 is 2.59 bits per heavy atom. The zero-order valence-electron chi connectivity index (χ0n) is 11.4. The quantitative estimate of drug-likeness (QED) is 0.535. The standard InChI is InChI=1S/C15H11FN4OS/c16-12-4-2-11(3-5-12)13(21)10-22-15-7-6-14(18-19-15)20-9-1-8-17-20/h1-9H,10H2. The highest BCUT2D eigenvalue weighted by atomic mass is 32.2. The number of nitrogens with zero attached hydrogens (tertiary/aromatic N) is 4. The molecule has 0 radical (unpaired) electrons. The molecule has 0 unspecified atom stereocenters. The van der Waals surface area contributed by atoms with Gasteiger partial charge in [0.05, 0.1) is 5.75 Å². The number of benzene rings is 1. The maximum atomic E-state index is 12.8. The van der Waals surface area contributed by atoms with E-state index in [0.717, 1.165) is 0 Å². The van der Waals surface area contributed by atoms with Gasteiger partial charge < -0.3 is 0 Å². The van der Waals surface area contributed by atoms with Crippen molar-refractivity contribution in [3.63, 3.8) is 0 Å². The zero-order valence-corrected chi connectivity index (χ0v) is 12.2. The van der Waals surface area contributed by atoms with E-state index in [9.17, 15) is 9.18 Å². The molecule has 0 spiro atoms. The highest BCUT2D eigenvalue weighted by Gasteiger charge is 2.08. The summed E-state index contributed by atoms with van der Waals surface area (Å²) < 4.78 is 14.4. The first-order chi connectivity index (χ1) is 10.7. The smallest absolute Gasteiger partial charge is 0.175 e. The molecule has 2 aromatic heterocycles. The first-order valence-corrected chi connectivity index (χ1v) is 7.46. The van der Waals surface area contributed by atoms with Crippen molar-refractivity contribution in [2.45, 2.75) is 5.03 Å². The van der Waals surface area contributed by atoms with Crippen LogP contribution in [0.4, 0.5) is 4.39 Å². The van der Waals surface area contributed by atoms with Crippen LogP contribution >= 0.6 is 11.8 Å². The predicted octanol–water partition coefficient (Wildman–Crippen LogP) is 2.78. The molecular formula is C15H11FN4OS. The van der Waals surface area contributed by atoms with Crippen molar-refractivity contribution in [1.82, 2.24) is 20.0 Å². The van der Waals surface area contributed by atoms with E-state index in [4.69, 9.17) is 0 Å². The van der Waals surface area contributed by atoms with Crippen LogP contribution in [0, 0.1) is 5.82 Å². The first kappa shape index (κ1) is 14.4. The summed E-state index contributed by atoms with van der Waals surface area (Å²) in [5, 5.41) is 12.8. The van der Waals surface area contributed by atoms with Crippen LogP contribution in [0.15, 0.2) is 59.9 Å². The molecule has 0 bridgehead atoms. The summed E-state index contributed by atoms with van der Waals surface area (Å²) in [5.74, 6) is 0.396. The Morgan fingerprint density at radius 1 is 1.14 bits per heavy atom. The van der Waals surface area contributed by atoms with Crippen molar-refractivity contribution in [2.24, 2.45) is 0 Å². The maximum Gasteiger partial charge on any atom is 0.175 e. The summed E-state index contributed by atoms with van der Waals surface area (Å²) in [6, 6.07) is 10.9. The lowest BCUT2D eigenvalue weighted by Gasteiger charge is -2.02. The van der Waals surface area contributed by atoms with E-state index in [1.165, 1.54) is 36.0 Å². The largest absolute Gasteiger partial charge is 0.293 e. The van der Waals surface area contributed by atoms with Crippen molar-refractivity contribution in [1.29, 1.82) is 0 Å². The second-order valence-corrected chi connectivity index (χ2v) is 5.39. The fourth-order valence-corrected chi connectivity index (χ4v) is 2.48. The molecule has 22 heavy (non-hydrogen) atoms. The minimum atomic E-state index is -0.357. The van der Waals surface area contributed by atoms with Crippen molar-refractivity contribution in [2.75, 3.05) is 5.75 Å². The fraction of sp³-hybridized carbons (Fsp3) is 0.0667. The van der Waals surface area contributed by atoms with E-state index in [0.29, 0.717) is 16.4 Å². The average Bonchev–Trinajstić information content (AvgIpc) is 3.08. The van der Waals surface area contributed by atoms with Crippen LogP contribution in [0.1, 0.15) is 10.4 Å². The summed E-state index contributed by atoms with van der Waals surface area (Å²) in [5.41, 5.74) is 0.482. The van der Waals surface area contributed by atoms with E-state index in [1.54, 1.807) is 35.3 Å². The molecule has 3 aromatic rings. The van der Waals surface area contributed by atoms with E-state index < -0.39 is 0 Å². The number of carbonyl (C=O) groups is 1. The molecule has 0 amide bonds. The van der Waals surface area contributed by atoms with Gasteiger partial charge in [0.2, 0.25) is 0 Å². The number of rotatable bonds is 5. The molecule has 0 N–H and O–H groups in total. The Hall–Kier alpha value is -2.54. The molecule has 110 valence electrons. The van der Waals surface area contributed by atoms with Gasteiger partial charge in [-0.3, -0.25) is 4.79 Å². The van der Waals surface area contributed by atoms with Gasteiger partial charge >= 0.3 is 0 Å². The number of aromatic nitrogens is 4. The van der Waals surface area contributed by atoms with Gasteiger partial charge in [0.25, 0.3) is 0 Å². The first-order valence-electron chi connectivity index (χ1n) is 6.48. The van der Waals surface area contributed by atoms with Gasteiger partial charge in [-0.1, -0.05) is 11.8 Å². The van der Waals surface area contributed by atoms with Gasteiger partial charge in [0.15, 0.2) is 11.6 Å². The lowest BCUT2D eigenvalue weighted by atomic mass is 10.1. The Morgan fingerprint density at radius 2 is 1.95 bits per heavy atom. The molecule has 2 heterocycles. The molecule has 0 aliphatic heterocycles. The molecule has 7 heteroatoms. The summed E-state index contributed by atoms with van der Waals surface area (Å²) in [6.45, 7) is 0. The molecule has 0 fully saturated rings. The monoisotopic (exact) mass is 314 g/mol. The van der Waals surface area contributed by atoms with E-state index in [1.807, 2.05) is 0 Å². The molecule has 0 aliphatic carbocycles. The van der Waals surface area contributed by atoms with Crippen LogP contribution in [-0.4, -0.2) is 31.5 Å².